The summed E-state index contributed by atoms with van der Waals surface area (Å²) in [6.07, 6.45) is -0.945. The van der Waals surface area contributed by atoms with Crippen LogP contribution in [0, 0.1) is 5.92 Å². The van der Waals surface area contributed by atoms with Crippen LogP contribution in [0.5, 0.6) is 11.5 Å². The van der Waals surface area contributed by atoms with Crippen LogP contribution in [-0.4, -0.2) is 45.8 Å². The van der Waals surface area contributed by atoms with Crippen LogP contribution < -0.4 is 19.5 Å². The summed E-state index contributed by atoms with van der Waals surface area (Å²) in [5, 5.41) is 4.49. The van der Waals surface area contributed by atoms with Crippen molar-refractivity contribution < 1.29 is 27.1 Å². The number of carbonyl (C=O) groups excluding carboxylic acids is 1. The molecule has 0 saturated carbocycles. The van der Waals surface area contributed by atoms with Gasteiger partial charge in [-0.1, -0.05) is 68.4 Å². The topological polar surface area (TPSA) is 97.0 Å². The summed E-state index contributed by atoms with van der Waals surface area (Å²) in [7, 11) is -1.92. The van der Waals surface area contributed by atoms with Crippen LogP contribution >= 0.6 is 0 Å². The number of hydrogen-bond acceptors (Lipinski definition) is 6. The van der Waals surface area contributed by atoms with E-state index in [9.17, 15) is 17.6 Å². The zero-order valence-corrected chi connectivity index (χ0v) is 27.5. The van der Waals surface area contributed by atoms with Gasteiger partial charge < -0.3 is 19.7 Å². The summed E-state index contributed by atoms with van der Waals surface area (Å²) in [6.45, 7) is 7.94. The molecule has 46 heavy (non-hydrogen) atoms. The van der Waals surface area contributed by atoms with Gasteiger partial charge in [-0.15, -0.1) is 0 Å². The molecule has 0 fully saturated rings. The molecule has 0 saturated heterocycles. The average Bonchev–Trinajstić information content (AvgIpc) is 3.00. The first-order valence-electron chi connectivity index (χ1n) is 15.6. The van der Waals surface area contributed by atoms with Gasteiger partial charge in [-0.05, 0) is 65.2 Å². The van der Waals surface area contributed by atoms with E-state index >= 15 is 0 Å². The fourth-order valence-corrected chi connectivity index (χ4v) is 7.18. The second kappa shape index (κ2) is 14.6. The number of benzene rings is 4. The molecule has 3 unspecified atom stereocenters. The Morgan fingerprint density at radius 1 is 1.00 bits per heavy atom. The summed E-state index contributed by atoms with van der Waals surface area (Å²) < 4.78 is 54.4. The van der Waals surface area contributed by atoms with Gasteiger partial charge in [0.25, 0.3) is 0 Å². The molecular weight excluding hydrogens is 605 g/mol. The second-order valence-corrected chi connectivity index (χ2v) is 14.1. The zero-order chi connectivity index (χ0) is 32.8. The molecule has 4 aromatic rings. The standard InChI is InChI=1S/C36H42FN3O5S/c1-24(2)22-40(4)23-26-10-15-32-33(16-17-44-35(32)18-26)38-36(41)21-34(27-8-6-5-7-9-27)39-46(42,43)31-14-12-28-19-30(45-25(3)37)13-11-29(28)20-31/h5-15,18-20,24-25,33-34,39H,16-17,21-23H2,1-4H3,(H,38,41). The van der Waals surface area contributed by atoms with E-state index < -0.39 is 22.4 Å². The van der Waals surface area contributed by atoms with Crippen LogP contribution in [0.3, 0.4) is 0 Å². The highest BCUT2D eigenvalue weighted by Gasteiger charge is 2.28. The van der Waals surface area contributed by atoms with Crippen LogP contribution in [0.15, 0.2) is 89.8 Å². The van der Waals surface area contributed by atoms with Crippen LogP contribution in [0.4, 0.5) is 4.39 Å². The number of nitrogens with zero attached hydrogens (tertiary/aromatic N) is 1. The van der Waals surface area contributed by atoms with Gasteiger partial charge in [-0.25, -0.2) is 17.5 Å². The predicted molar refractivity (Wildman–Crippen MR) is 178 cm³/mol. The summed E-state index contributed by atoms with van der Waals surface area (Å²) in [4.78, 5) is 15.8. The third-order valence-electron chi connectivity index (χ3n) is 7.86. The third-order valence-corrected chi connectivity index (χ3v) is 9.33. The van der Waals surface area contributed by atoms with Gasteiger partial charge in [0, 0.05) is 38.4 Å². The van der Waals surface area contributed by atoms with Gasteiger partial charge in [-0.2, -0.15) is 0 Å². The van der Waals surface area contributed by atoms with E-state index in [1.54, 1.807) is 42.5 Å². The Morgan fingerprint density at radius 2 is 1.74 bits per heavy atom. The van der Waals surface area contributed by atoms with Crippen LogP contribution in [-0.2, 0) is 21.4 Å². The van der Waals surface area contributed by atoms with E-state index in [0.29, 0.717) is 41.0 Å². The molecule has 2 N–H and O–H groups in total. The maximum absolute atomic E-state index is 13.6. The number of fused-ring (bicyclic) bond motifs is 2. The van der Waals surface area contributed by atoms with Crippen molar-refractivity contribution in [3.05, 3.63) is 102 Å². The first-order chi connectivity index (χ1) is 22.0. The lowest BCUT2D eigenvalue weighted by atomic mass is 9.97. The highest BCUT2D eigenvalue weighted by molar-refractivity contribution is 7.89. The van der Waals surface area contributed by atoms with Gasteiger partial charge in [0.15, 0.2) is 0 Å². The van der Waals surface area contributed by atoms with Crippen molar-refractivity contribution in [2.45, 2.75) is 63.5 Å². The quantitative estimate of drug-likeness (QED) is 0.168. The number of alkyl halides is 1. The molecule has 0 radical (unpaired) electrons. The van der Waals surface area contributed by atoms with Gasteiger partial charge in [0.1, 0.15) is 11.5 Å². The van der Waals surface area contributed by atoms with Gasteiger partial charge in [-0.3, -0.25) is 4.79 Å². The van der Waals surface area contributed by atoms with Crippen molar-refractivity contribution in [3.63, 3.8) is 0 Å². The minimum Gasteiger partial charge on any atom is -0.493 e. The van der Waals surface area contributed by atoms with Crippen molar-refractivity contribution in [2.24, 2.45) is 5.92 Å². The van der Waals surface area contributed by atoms with Crippen LogP contribution in [0.1, 0.15) is 62.4 Å². The maximum Gasteiger partial charge on any atom is 0.241 e. The second-order valence-electron chi connectivity index (χ2n) is 12.3. The van der Waals surface area contributed by atoms with Crippen molar-refractivity contribution in [3.8, 4) is 11.5 Å². The highest BCUT2D eigenvalue weighted by Crippen LogP contribution is 2.34. The Morgan fingerprint density at radius 3 is 2.48 bits per heavy atom. The SMILES string of the molecule is CC(C)CN(C)Cc1ccc2c(c1)OCCC2NC(=O)CC(NS(=O)(=O)c1ccc2cc(OC(C)F)ccc2c1)c1ccccc1. The minimum absolute atomic E-state index is 0.0575. The minimum atomic E-state index is -4.02. The Balaban J connectivity index is 1.31. The summed E-state index contributed by atoms with van der Waals surface area (Å²) in [5.41, 5.74) is 2.73. The predicted octanol–water partition coefficient (Wildman–Crippen LogP) is 6.67. The van der Waals surface area contributed by atoms with Crippen LogP contribution in [0.2, 0.25) is 0 Å². The highest BCUT2D eigenvalue weighted by atomic mass is 32.2. The molecule has 1 aliphatic rings. The Hall–Kier alpha value is -3.99. The lowest BCUT2D eigenvalue weighted by Crippen LogP contribution is -2.36. The molecule has 5 rings (SSSR count). The lowest BCUT2D eigenvalue weighted by molar-refractivity contribution is -0.122. The molecule has 10 heteroatoms. The molecule has 0 spiro atoms. The number of sulfonamides is 1. The molecular formula is C36H42FN3O5S. The zero-order valence-electron chi connectivity index (χ0n) is 26.7. The molecule has 0 aliphatic carbocycles. The largest absolute Gasteiger partial charge is 0.493 e. The molecule has 0 bridgehead atoms. The van der Waals surface area contributed by atoms with E-state index in [2.05, 4.69) is 41.9 Å². The van der Waals surface area contributed by atoms with E-state index in [4.69, 9.17) is 9.47 Å². The normalized spacial score (nSPS) is 16.1. The number of halogens is 1. The maximum atomic E-state index is 13.6. The number of hydrogen-bond donors (Lipinski definition) is 2. The monoisotopic (exact) mass is 647 g/mol. The van der Waals surface area contributed by atoms with Crippen molar-refractivity contribution in [2.75, 3.05) is 20.2 Å². The lowest BCUT2D eigenvalue weighted by Gasteiger charge is -2.28. The number of ether oxygens (including phenoxy) is 2. The van der Waals surface area contributed by atoms with E-state index in [0.717, 1.165) is 30.0 Å². The van der Waals surface area contributed by atoms with Crippen molar-refractivity contribution in [1.82, 2.24) is 14.9 Å². The first kappa shape index (κ1) is 33.4. The van der Waals surface area contributed by atoms with E-state index in [1.807, 2.05) is 30.3 Å². The smallest absolute Gasteiger partial charge is 0.241 e. The summed E-state index contributed by atoms with van der Waals surface area (Å²) in [5.74, 6) is 1.41. The Bertz CT molecular complexity index is 1760. The molecule has 8 nitrogen and oxygen atoms in total. The van der Waals surface area contributed by atoms with Gasteiger partial charge in [0.05, 0.1) is 23.6 Å². The molecule has 1 aliphatic heterocycles. The van der Waals surface area contributed by atoms with Gasteiger partial charge >= 0.3 is 0 Å². The summed E-state index contributed by atoms with van der Waals surface area (Å²) in [6, 6.07) is 23.8. The molecule has 1 amide bonds. The number of nitrogens with one attached hydrogen (secondary N) is 2. The van der Waals surface area contributed by atoms with E-state index in [1.165, 1.54) is 13.0 Å². The molecule has 1 heterocycles. The molecule has 4 aromatic carbocycles. The van der Waals surface area contributed by atoms with Crippen LogP contribution in [0.25, 0.3) is 10.8 Å². The Kier molecular flexibility index (Phi) is 10.6. The summed E-state index contributed by atoms with van der Waals surface area (Å²) >= 11 is 0. The molecule has 0 aromatic heterocycles. The molecule has 244 valence electrons. The number of amides is 1. The molecule has 3 atom stereocenters. The van der Waals surface area contributed by atoms with Crippen molar-refractivity contribution in [1.29, 1.82) is 0 Å². The Labute approximate surface area is 271 Å². The van der Waals surface area contributed by atoms with Crippen molar-refractivity contribution >= 4 is 26.7 Å². The first-order valence-corrected chi connectivity index (χ1v) is 17.1. The van der Waals surface area contributed by atoms with E-state index in [-0.39, 0.29) is 23.3 Å². The fourth-order valence-electron chi connectivity index (χ4n) is 5.92. The third kappa shape index (κ3) is 8.63. The number of rotatable bonds is 13. The average molecular weight is 648 g/mol. The fraction of sp³-hybridized carbons (Fsp3) is 0.361. The van der Waals surface area contributed by atoms with Gasteiger partial charge in [0.2, 0.25) is 22.3 Å². The number of carbonyl (C=O) groups is 1.